The summed E-state index contributed by atoms with van der Waals surface area (Å²) < 4.78 is 5.98. The number of carbonyl (C=O) groups is 1. The van der Waals surface area contributed by atoms with Crippen LogP contribution in [0, 0.1) is 0 Å². The van der Waals surface area contributed by atoms with Crippen molar-refractivity contribution in [1.29, 1.82) is 0 Å². The quantitative estimate of drug-likeness (QED) is 0.545. The molecule has 4 aromatic rings. The number of benzene rings is 3. The summed E-state index contributed by atoms with van der Waals surface area (Å²) in [5.74, 6) is 0.391. The predicted octanol–water partition coefficient (Wildman–Crippen LogP) is 4.51. The van der Waals surface area contributed by atoms with Gasteiger partial charge in [-0.3, -0.25) is 9.78 Å². The van der Waals surface area contributed by atoms with Gasteiger partial charge in [-0.15, -0.1) is 0 Å². The lowest BCUT2D eigenvalue weighted by atomic mass is 9.94. The van der Waals surface area contributed by atoms with Crippen LogP contribution in [0.15, 0.2) is 85.1 Å². The Morgan fingerprint density at radius 1 is 0.929 bits per heavy atom. The molecule has 4 nitrogen and oxygen atoms in total. The first-order valence-electron chi connectivity index (χ1n) is 9.13. The van der Waals surface area contributed by atoms with Gasteiger partial charge in [-0.2, -0.15) is 0 Å². The Labute approximate surface area is 163 Å². The van der Waals surface area contributed by atoms with Gasteiger partial charge in [0.1, 0.15) is 12.4 Å². The minimum Gasteiger partial charge on any atom is -0.489 e. The number of rotatable bonds is 6. The molecule has 3 aromatic carbocycles. The van der Waals surface area contributed by atoms with E-state index in [-0.39, 0.29) is 12.3 Å². The molecule has 0 saturated heterocycles. The standard InChI is InChI=1S/C24H20N2O2/c25-23(27)14-19-15-26-22-12-5-4-11-21(22)24(19)18-9-6-10-20(13-18)28-16-17-7-2-1-3-8-17/h1-13,15H,14,16H2,(H2,25,27). The van der Waals surface area contributed by atoms with Crippen molar-refractivity contribution in [2.45, 2.75) is 13.0 Å². The van der Waals surface area contributed by atoms with Crippen molar-refractivity contribution in [3.63, 3.8) is 0 Å². The molecule has 2 N–H and O–H groups in total. The van der Waals surface area contributed by atoms with Crippen LogP contribution in [-0.2, 0) is 17.8 Å². The maximum absolute atomic E-state index is 11.6. The highest BCUT2D eigenvalue weighted by atomic mass is 16.5. The predicted molar refractivity (Wildman–Crippen MR) is 111 cm³/mol. The van der Waals surface area contributed by atoms with E-state index in [4.69, 9.17) is 10.5 Å². The Bertz CT molecular complexity index is 1120. The van der Waals surface area contributed by atoms with Gasteiger partial charge in [-0.1, -0.05) is 60.7 Å². The van der Waals surface area contributed by atoms with Crippen molar-refractivity contribution in [2.75, 3.05) is 0 Å². The molecule has 4 heteroatoms. The van der Waals surface area contributed by atoms with Crippen molar-refractivity contribution in [1.82, 2.24) is 4.98 Å². The number of hydrogen-bond donors (Lipinski definition) is 1. The Hall–Kier alpha value is -3.66. The highest BCUT2D eigenvalue weighted by Crippen LogP contribution is 2.33. The molecule has 138 valence electrons. The fourth-order valence-electron chi connectivity index (χ4n) is 3.33. The zero-order valence-electron chi connectivity index (χ0n) is 15.3. The summed E-state index contributed by atoms with van der Waals surface area (Å²) in [6, 6.07) is 25.8. The van der Waals surface area contributed by atoms with Gasteiger partial charge in [0.2, 0.25) is 5.91 Å². The van der Waals surface area contributed by atoms with Crippen LogP contribution in [0.25, 0.3) is 22.0 Å². The first-order chi connectivity index (χ1) is 13.7. The van der Waals surface area contributed by atoms with E-state index in [0.717, 1.165) is 38.9 Å². The molecule has 0 unspecified atom stereocenters. The zero-order chi connectivity index (χ0) is 19.3. The van der Waals surface area contributed by atoms with Gasteiger partial charge in [0.05, 0.1) is 11.9 Å². The van der Waals surface area contributed by atoms with E-state index >= 15 is 0 Å². The van der Waals surface area contributed by atoms with Crippen molar-refractivity contribution >= 4 is 16.8 Å². The maximum Gasteiger partial charge on any atom is 0.221 e. The average Bonchev–Trinajstić information content (AvgIpc) is 2.73. The first-order valence-corrected chi connectivity index (χ1v) is 9.13. The monoisotopic (exact) mass is 368 g/mol. The SMILES string of the molecule is NC(=O)Cc1cnc2ccccc2c1-c1cccc(OCc2ccccc2)c1. The molecule has 0 saturated carbocycles. The summed E-state index contributed by atoms with van der Waals surface area (Å²) in [6.07, 6.45) is 1.88. The van der Waals surface area contributed by atoms with Crippen LogP contribution in [0.1, 0.15) is 11.1 Å². The average molecular weight is 368 g/mol. The van der Waals surface area contributed by atoms with Gasteiger partial charge in [0.15, 0.2) is 0 Å². The Kier molecular flexibility index (Phi) is 5.02. The van der Waals surface area contributed by atoms with Gasteiger partial charge in [-0.25, -0.2) is 0 Å². The van der Waals surface area contributed by atoms with Gasteiger partial charge >= 0.3 is 0 Å². The largest absolute Gasteiger partial charge is 0.489 e. The Balaban J connectivity index is 1.74. The lowest BCUT2D eigenvalue weighted by Crippen LogP contribution is -2.14. The van der Waals surface area contributed by atoms with Crippen LogP contribution >= 0.6 is 0 Å². The second kappa shape index (κ2) is 7.92. The number of amides is 1. The number of hydrogen-bond acceptors (Lipinski definition) is 3. The van der Waals surface area contributed by atoms with Crippen LogP contribution < -0.4 is 10.5 Å². The second-order valence-corrected chi connectivity index (χ2v) is 6.62. The van der Waals surface area contributed by atoms with Gasteiger partial charge < -0.3 is 10.5 Å². The summed E-state index contributed by atoms with van der Waals surface area (Å²) >= 11 is 0. The molecule has 28 heavy (non-hydrogen) atoms. The number of aromatic nitrogens is 1. The lowest BCUT2D eigenvalue weighted by Gasteiger charge is -2.14. The van der Waals surface area contributed by atoms with E-state index in [1.807, 2.05) is 78.9 Å². The normalized spacial score (nSPS) is 10.7. The summed E-state index contributed by atoms with van der Waals surface area (Å²) in [4.78, 5) is 16.1. The molecule has 0 bridgehead atoms. The third-order valence-corrected chi connectivity index (χ3v) is 4.59. The molecule has 0 aliphatic carbocycles. The fourth-order valence-corrected chi connectivity index (χ4v) is 3.33. The van der Waals surface area contributed by atoms with Crippen LogP contribution in [0.2, 0.25) is 0 Å². The third kappa shape index (κ3) is 3.86. The number of primary amides is 1. The first kappa shape index (κ1) is 17.7. The summed E-state index contributed by atoms with van der Waals surface area (Å²) in [7, 11) is 0. The molecule has 4 rings (SSSR count). The van der Waals surface area contributed by atoms with Crippen molar-refractivity contribution in [2.24, 2.45) is 5.73 Å². The second-order valence-electron chi connectivity index (χ2n) is 6.62. The van der Waals surface area contributed by atoms with E-state index in [9.17, 15) is 4.79 Å². The summed E-state index contributed by atoms with van der Waals surface area (Å²) in [5.41, 5.74) is 10.2. The minimum absolute atomic E-state index is 0.141. The molecule has 0 atom stereocenters. The molecule has 0 aliphatic heterocycles. The van der Waals surface area contributed by atoms with E-state index in [2.05, 4.69) is 4.98 Å². The van der Waals surface area contributed by atoms with Gasteiger partial charge in [0, 0.05) is 11.6 Å². The Morgan fingerprint density at radius 2 is 1.71 bits per heavy atom. The Morgan fingerprint density at radius 3 is 2.54 bits per heavy atom. The molecule has 1 amide bonds. The van der Waals surface area contributed by atoms with Crippen molar-refractivity contribution in [3.8, 4) is 16.9 Å². The number of ether oxygens (including phenoxy) is 1. The lowest BCUT2D eigenvalue weighted by molar-refractivity contribution is -0.117. The molecular formula is C24H20N2O2. The van der Waals surface area contributed by atoms with E-state index in [0.29, 0.717) is 6.61 Å². The van der Waals surface area contributed by atoms with Crippen LogP contribution in [0.5, 0.6) is 5.75 Å². The number of para-hydroxylation sites is 1. The zero-order valence-corrected chi connectivity index (χ0v) is 15.3. The highest BCUT2D eigenvalue weighted by Gasteiger charge is 2.13. The van der Waals surface area contributed by atoms with E-state index in [1.165, 1.54) is 0 Å². The topological polar surface area (TPSA) is 65.2 Å². The van der Waals surface area contributed by atoms with Gasteiger partial charge in [0.25, 0.3) is 0 Å². The number of fused-ring (bicyclic) bond motifs is 1. The molecular weight excluding hydrogens is 348 g/mol. The summed E-state index contributed by atoms with van der Waals surface area (Å²) in [5, 5.41) is 0.987. The van der Waals surface area contributed by atoms with Gasteiger partial charge in [-0.05, 0) is 40.5 Å². The minimum atomic E-state index is -0.380. The number of carbonyl (C=O) groups excluding carboxylic acids is 1. The smallest absolute Gasteiger partial charge is 0.221 e. The van der Waals surface area contributed by atoms with Crippen molar-refractivity contribution in [3.05, 3.63) is 96.2 Å². The molecule has 0 fully saturated rings. The van der Waals surface area contributed by atoms with E-state index < -0.39 is 0 Å². The molecule has 0 spiro atoms. The molecule has 0 aliphatic rings. The molecule has 1 heterocycles. The highest BCUT2D eigenvalue weighted by molar-refractivity contribution is 5.97. The summed E-state index contributed by atoms with van der Waals surface area (Å²) in [6.45, 7) is 0.496. The number of pyridine rings is 1. The van der Waals surface area contributed by atoms with Crippen LogP contribution in [0.4, 0.5) is 0 Å². The number of nitrogens with zero attached hydrogens (tertiary/aromatic N) is 1. The molecule has 1 aromatic heterocycles. The van der Waals surface area contributed by atoms with Crippen LogP contribution in [0.3, 0.4) is 0 Å². The van der Waals surface area contributed by atoms with Crippen LogP contribution in [-0.4, -0.2) is 10.9 Å². The van der Waals surface area contributed by atoms with E-state index in [1.54, 1.807) is 6.20 Å². The number of nitrogens with two attached hydrogens (primary N) is 1. The third-order valence-electron chi connectivity index (χ3n) is 4.59. The maximum atomic E-state index is 11.6. The molecule has 0 radical (unpaired) electrons. The van der Waals surface area contributed by atoms with Crippen molar-refractivity contribution < 1.29 is 9.53 Å². The fraction of sp³-hybridized carbons (Fsp3) is 0.0833.